The number of rotatable bonds is 2. The molecular weight excluding hydrogens is 278 g/mol. The van der Waals surface area contributed by atoms with E-state index < -0.39 is 0 Å². The van der Waals surface area contributed by atoms with Crippen LogP contribution >= 0.6 is 0 Å². The van der Waals surface area contributed by atoms with E-state index >= 15 is 0 Å². The van der Waals surface area contributed by atoms with Crippen LogP contribution in [0.15, 0.2) is 35.4 Å². The number of benzene rings is 1. The van der Waals surface area contributed by atoms with Gasteiger partial charge in [-0.3, -0.25) is 15.0 Å². The van der Waals surface area contributed by atoms with Gasteiger partial charge in [0, 0.05) is 29.4 Å². The number of nitrogens with one attached hydrogen (secondary N) is 2. The summed E-state index contributed by atoms with van der Waals surface area (Å²) in [5, 5.41) is 15.7. The van der Waals surface area contributed by atoms with Crippen LogP contribution < -0.4 is 5.56 Å². The fourth-order valence-corrected chi connectivity index (χ4v) is 2.99. The lowest BCUT2D eigenvalue weighted by Crippen LogP contribution is -2.20. The van der Waals surface area contributed by atoms with Gasteiger partial charge in [0.2, 0.25) is 0 Å². The molecule has 22 heavy (non-hydrogen) atoms. The summed E-state index contributed by atoms with van der Waals surface area (Å²) < 4.78 is 1.79. The molecule has 0 amide bonds. The van der Waals surface area contributed by atoms with Crippen molar-refractivity contribution in [2.75, 3.05) is 0 Å². The molecule has 0 atom stereocenters. The lowest BCUT2D eigenvalue weighted by atomic mass is 10.0. The molecule has 0 spiro atoms. The van der Waals surface area contributed by atoms with Crippen LogP contribution in [0.2, 0.25) is 0 Å². The van der Waals surface area contributed by atoms with Crippen LogP contribution in [0.4, 0.5) is 0 Å². The topological polar surface area (TPSA) is 79.4 Å². The Morgan fingerprint density at radius 1 is 1.27 bits per heavy atom. The standard InChI is InChI=1S/C16H15N5O/c1-3-21-13-5-4-10(11-7-17-18-8-11)6-12(13)15-14(16(21)22)9(2)19-20-15/h4-8H,3H2,1-2H3,(H,17,18)(H,19,20). The zero-order chi connectivity index (χ0) is 15.3. The summed E-state index contributed by atoms with van der Waals surface area (Å²) in [5.74, 6) is 0. The molecule has 1 aromatic carbocycles. The van der Waals surface area contributed by atoms with Gasteiger partial charge in [-0.1, -0.05) is 6.07 Å². The number of fused-ring (bicyclic) bond motifs is 3. The number of aromatic amines is 2. The van der Waals surface area contributed by atoms with Gasteiger partial charge in [-0.15, -0.1) is 0 Å². The molecular formula is C16H15N5O. The molecule has 110 valence electrons. The molecule has 4 rings (SSSR count). The molecule has 0 fully saturated rings. The van der Waals surface area contributed by atoms with Gasteiger partial charge >= 0.3 is 0 Å². The van der Waals surface area contributed by atoms with E-state index in [9.17, 15) is 4.79 Å². The van der Waals surface area contributed by atoms with Gasteiger partial charge in [0.1, 0.15) is 5.52 Å². The second-order valence-electron chi connectivity index (χ2n) is 5.34. The third-order valence-electron chi connectivity index (χ3n) is 4.10. The molecule has 0 aliphatic heterocycles. The molecule has 0 saturated heterocycles. The minimum Gasteiger partial charge on any atom is -0.308 e. The van der Waals surface area contributed by atoms with E-state index in [2.05, 4.69) is 26.5 Å². The lowest BCUT2D eigenvalue weighted by Gasteiger charge is -2.10. The van der Waals surface area contributed by atoms with Crippen molar-refractivity contribution in [3.8, 4) is 11.1 Å². The first-order valence-electron chi connectivity index (χ1n) is 7.21. The summed E-state index contributed by atoms with van der Waals surface area (Å²) in [6, 6.07) is 6.05. The molecule has 3 heterocycles. The van der Waals surface area contributed by atoms with Crippen molar-refractivity contribution in [1.82, 2.24) is 25.0 Å². The van der Waals surface area contributed by atoms with Gasteiger partial charge < -0.3 is 4.57 Å². The van der Waals surface area contributed by atoms with Crippen LogP contribution in [-0.4, -0.2) is 25.0 Å². The molecule has 0 bridgehead atoms. The average Bonchev–Trinajstić information content (AvgIpc) is 3.17. The van der Waals surface area contributed by atoms with Gasteiger partial charge in [0.05, 0.1) is 17.1 Å². The Balaban J connectivity index is 2.18. The highest BCUT2D eigenvalue weighted by Gasteiger charge is 2.15. The maximum absolute atomic E-state index is 12.7. The maximum Gasteiger partial charge on any atom is 0.262 e. The number of nitrogens with zero attached hydrogens (tertiary/aromatic N) is 3. The van der Waals surface area contributed by atoms with Crippen molar-refractivity contribution < 1.29 is 0 Å². The van der Waals surface area contributed by atoms with Crippen molar-refractivity contribution in [1.29, 1.82) is 0 Å². The molecule has 6 heteroatoms. The highest BCUT2D eigenvalue weighted by atomic mass is 16.1. The fraction of sp³-hybridized carbons (Fsp3) is 0.188. The minimum absolute atomic E-state index is 0.00677. The van der Waals surface area contributed by atoms with Crippen LogP contribution in [0.25, 0.3) is 32.9 Å². The summed E-state index contributed by atoms with van der Waals surface area (Å²) in [7, 11) is 0. The molecule has 0 aliphatic carbocycles. The monoisotopic (exact) mass is 293 g/mol. The van der Waals surface area contributed by atoms with Gasteiger partial charge in [0.25, 0.3) is 5.56 Å². The largest absolute Gasteiger partial charge is 0.308 e. The predicted molar refractivity (Wildman–Crippen MR) is 85.9 cm³/mol. The van der Waals surface area contributed by atoms with Crippen LogP contribution in [0.3, 0.4) is 0 Å². The Bertz CT molecular complexity index is 1040. The van der Waals surface area contributed by atoms with E-state index in [-0.39, 0.29) is 5.56 Å². The van der Waals surface area contributed by atoms with Crippen molar-refractivity contribution in [2.45, 2.75) is 20.4 Å². The highest BCUT2D eigenvalue weighted by Crippen LogP contribution is 2.28. The Kier molecular flexibility index (Phi) is 2.66. The average molecular weight is 293 g/mol. The Morgan fingerprint density at radius 2 is 2.14 bits per heavy atom. The zero-order valence-electron chi connectivity index (χ0n) is 12.3. The van der Waals surface area contributed by atoms with Crippen molar-refractivity contribution in [3.05, 3.63) is 46.6 Å². The van der Waals surface area contributed by atoms with Gasteiger partial charge in [-0.05, 0) is 31.5 Å². The number of hydrogen-bond acceptors (Lipinski definition) is 3. The first-order valence-corrected chi connectivity index (χ1v) is 7.21. The lowest BCUT2D eigenvalue weighted by molar-refractivity contribution is 0.766. The summed E-state index contributed by atoms with van der Waals surface area (Å²) in [6.45, 7) is 4.48. The summed E-state index contributed by atoms with van der Waals surface area (Å²) in [6.07, 6.45) is 3.63. The fourth-order valence-electron chi connectivity index (χ4n) is 2.99. The Hall–Kier alpha value is -2.89. The second-order valence-corrected chi connectivity index (χ2v) is 5.34. The summed E-state index contributed by atoms with van der Waals surface area (Å²) in [5.41, 5.74) is 4.50. The maximum atomic E-state index is 12.7. The minimum atomic E-state index is 0.00677. The first-order chi connectivity index (χ1) is 10.7. The SMILES string of the molecule is CCn1c(=O)c2c(C)[nH]nc2c2cc(-c3cn[nH]c3)ccc21. The van der Waals surface area contributed by atoms with Crippen LogP contribution in [0.1, 0.15) is 12.6 Å². The number of H-pyrrole nitrogens is 2. The number of aromatic nitrogens is 5. The van der Waals surface area contributed by atoms with E-state index in [1.54, 1.807) is 10.8 Å². The molecule has 4 aromatic rings. The molecule has 0 aliphatic rings. The number of aryl methyl sites for hydroxylation is 2. The van der Waals surface area contributed by atoms with E-state index in [0.717, 1.165) is 33.2 Å². The van der Waals surface area contributed by atoms with E-state index in [4.69, 9.17) is 0 Å². The third kappa shape index (κ3) is 1.64. The molecule has 3 aromatic heterocycles. The molecule has 2 N–H and O–H groups in total. The zero-order valence-corrected chi connectivity index (χ0v) is 12.3. The molecule has 0 unspecified atom stereocenters. The van der Waals surface area contributed by atoms with Crippen LogP contribution in [-0.2, 0) is 6.54 Å². The quantitative estimate of drug-likeness (QED) is 0.596. The van der Waals surface area contributed by atoms with Crippen molar-refractivity contribution in [2.24, 2.45) is 0 Å². The Labute approximate surface area is 125 Å². The Morgan fingerprint density at radius 3 is 2.86 bits per heavy atom. The normalized spacial score (nSPS) is 11.5. The molecule has 6 nitrogen and oxygen atoms in total. The summed E-state index contributed by atoms with van der Waals surface area (Å²) in [4.78, 5) is 12.7. The van der Waals surface area contributed by atoms with Crippen molar-refractivity contribution >= 4 is 21.8 Å². The highest BCUT2D eigenvalue weighted by molar-refractivity contribution is 6.05. The van der Waals surface area contributed by atoms with E-state index in [1.165, 1.54) is 0 Å². The number of pyridine rings is 1. The smallest absolute Gasteiger partial charge is 0.262 e. The summed E-state index contributed by atoms with van der Waals surface area (Å²) >= 11 is 0. The van der Waals surface area contributed by atoms with E-state index in [0.29, 0.717) is 11.9 Å². The van der Waals surface area contributed by atoms with Crippen LogP contribution in [0, 0.1) is 6.92 Å². The van der Waals surface area contributed by atoms with Gasteiger partial charge in [0.15, 0.2) is 0 Å². The third-order valence-corrected chi connectivity index (χ3v) is 4.10. The van der Waals surface area contributed by atoms with E-state index in [1.807, 2.05) is 32.2 Å². The molecule has 0 saturated carbocycles. The van der Waals surface area contributed by atoms with Crippen molar-refractivity contribution in [3.63, 3.8) is 0 Å². The van der Waals surface area contributed by atoms with Gasteiger partial charge in [-0.2, -0.15) is 10.2 Å². The predicted octanol–water partition coefficient (Wildman–Crippen LogP) is 2.60. The first kappa shape index (κ1) is 12.8. The molecule has 0 radical (unpaired) electrons. The number of hydrogen-bond donors (Lipinski definition) is 2. The van der Waals surface area contributed by atoms with Gasteiger partial charge in [-0.25, -0.2) is 0 Å². The van der Waals surface area contributed by atoms with Crippen LogP contribution in [0.5, 0.6) is 0 Å². The second kappa shape index (κ2) is 4.56.